The Balaban J connectivity index is 2.87. The topological polar surface area (TPSA) is 77.5 Å². The third-order valence-electron chi connectivity index (χ3n) is 1.75. The Kier molecular flexibility index (Phi) is 2.09. The van der Waals surface area contributed by atoms with Gasteiger partial charge in [-0.1, -0.05) is 15.9 Å². The van der Waals surface area contributed by atoms with Crippen LogP contribution in [0, 0.1) is 0 Å². The van der Waals surface area contributed by atoms with E-state index in [0.717, 1.165) is 4.47 Å². The van der Waals surface area contributed by atoms with Gasteiger partial charge >= 0.3 is 0 Å². The molecule has 0 aromatic carbocycles. The lowest BCUT2D eigenvalue weighted by atomic mass is 10.4. The van der Waals surface area contributed by atoms with Crippen molar-refractivity contribution >= 4 is 31.5 Å². The first-order valence-corrected chi connectivity index (χ1v) is 5.98. The lowest BCUT2D eigenvalue weighted by Crippen LogP contribution is -2.11. The van der Waals surface area contributed by atoms with Crippen molar-refractivity contribution in [1.29, 1.82) is 0 Å². The van der Waals surface area contributed by atoms with Crippen LogP contribution in [0.1, 0.15) is 0 Å². The van der Waals surface area contributed by atoms with Crippen LogP contribution in [0.15, 0.2) is 33.9 Å². The minimum Gasteiger partial charge on any atom is -0.239 e. The molecule has 2 aromatic rings. The fourth-order valence-corrected chi connectivity index (χ4v) is 2.12. The van der Waals surface area contributed by atoms with Gasteiger partial charge in [-0.2, -0.15) is 5.10 Å². The molecule has 14 heavy (non-hydrogen) atoms. The summed E-state index contributed by atoms with van der Waals surface area (Å²) >= 11 is 3.24. The smallest absolute Gasteiger partial charge is 0.239 e. The third-order valence-corrected chi connectivity index (χ3v) is 3.18. The molecule has 74 valence electrons. The first kappa shape index (κ1) is 9.63. The second-order valence-corrected chi connectivity index (χ2v) is 5.17. The molecule has 0 saturated carbocycles. The molecule has 0 radical (unpaired) electrons. The van der Waals surface area contributed by atoms with Crippen LogP contribution in [-0.2, 0) is 10.0 Å². The molecule has 0 bridgehead atoms. The molecule has 0 aliphatic carbocycles. The Labute approximate surface area is 88.7 Å². The monoisotopic (exact) mass is 275 g/mol. The zero-order chi connectivity index (χ0) is 10.3. The Morgan fingerprint density at radius 3 is 2.86 bits per heavy atom. The third kappa shape index (κ3) is 1.54. The molecule has 7 heteroatoms. The van der Waals surface area contributed by atoms with Crippen LogP contribution in [0.3, 0.4) is 0 Å². The number of aromatic nitrogens is 2. The number of rotatable bonds is 1. The number of primary sulfonamides is 1. The number of halogens is 1. The van der Waals surface area contributed by atoms with E-state index in [0.29, 0.717) is 5.52 Å². The summed E-state index contributed by atoms with van der Waals surface area (Å²) in [5, 5.41) is 8.88. The van der Waals surface area contributed by atoms with Gasteiger partial charge in [-0.3, -0.25) is 0 Å². The zero-order valence-electron chi connectivity index (χ0n) is 6.88. The van der Waals surface area contributed by atoms with E-state index in [1.807, 2.05) is 0 Å². The van der Waals surface area contributed by atoms with E-state index in [1.165, 1.54) is 10.7 Å². The van der Waals surface area contributed by atoms with E-state index < -0.39 is 10.0 Å². The highest BCUT2D eigenvalue weighted by Gasteiger charge is 2.14. The molecule has 2 N–H and O–H groups in total. The predicted octanol–water partition coefficient (Wildman–Crippen LogP) is 0.744. The number of hydrogen-bond acceptors (Lipinski definition) is 3. The summed E-state index contributed by atoms with van der Waals surface area (Å²) in [5.74, 6) is 0. The van der Waals surface area contributed by atoms with Gasteiger partial charge in [0, 0.05) is 10.7 Å². The van der Waals surface area contributed by atoms with Gasteiger partial charge in [-0.05, 0) is 12.1 Å². The normalized spacial score (nSPS) is 12.1. The highest BCUT2D eigenvalue weighted by atomic mass is 79.9. The zero-order valence-corrected chi connectivity index (χ0v) is 9.29. The quantitative estimate of drug-likeness (QED) is 0.834. The first-order chi connectivity index (χ1) is 6.48. The highest BCUT2D eigenvalue weighted by molar-refractivity contribution is 9.10. The van der Waals surface area contributed by atoms with Crippen molar-refractivity contribution in [1.82, 2.24) is 9.61 Å². The van der Waals surface area contributed by atoms with Crippen LogP contribution < -0.4 is 5.14 Å². The van der Waals surface area contributed by atoms with Crippen molar-refractivity contribution in [3.63, 3.8) is 0 Å². The van der Waals surface area contributed by atoms with Gasteiger partial charge < -0.3 is 0 Å². The Morgan fingerprint density at radius 1 is 1.50 bits per heavy atom. The maximum absolute atomic E-state index is 11.1. The molecular formula is C7H6BrN3O2S. The van der Waals surface area contributed by atoms with Gasteiger partial charge in [0.05, 0.1) is 11.7 Å². The molecule has 2 heterocycles. The number of sulfonamides is 1. The first-order valence-electron chi connectivity index (χ1n) is 3.64. The average molecular weight is 276 g/mol. The molecule has 0 spiro atoms. The number of fused-ring (bicyclic) bond motifs is 1. The fraction of sp³-hybridized carbons (Fsp3) is 0. The van der Waals surface area contributed by atoms with Gasteiger partial charge in [0.15, 0.2) is 0 Å². The van der Waals surface area contributed by atoms with Gasteiger partial charge in [0.1, 0.15) is 4.90 Å². The van der Waals surface area contributed by atoms with Crippen molar-refractivity contribution in [2.45, 2.75) is 4.90 Å². The highest BCUT2D eigenvalue weighted by Crippen LogP contribution is 2.19. The number of nitrogens with zero attached hydrogens (tertiary/aromatic N) is 2. The minimum atomic E-state index is -3.71. The lowest BCUT2D eigenvalue weighted by Gasteiger charge is -1.96. The van der Waals surface area contributed by atoms with E-state index >= 15 is 0 Å². The molecule has 5 nitrogen and oxygen atoms in total. The molecular weight excluding hydrogens is 270 g/mol. The average Bonchev–Trinajstić information content (AvgIpc) is 2.45. The maximum Gasteiger partial charge on any atom is 0.241 e. The number of hydrogen-bond donors (Lipinski definition) is 1. The molecule has 0 aliphatic rings. The lowest BCUT2D eigenvalue weighted by molar-refractivity contribution is 0.598. The number of pyridine rings is 1. The molecule has 0 aliphatic heterocycles. The van der Waals surface area contributed by atoms with Crippen LogP contribution in [0.25, 0.3) is 5.52 Å². The van der Waals surface area contributed by atoms with Gasteiger partial charge in [0.25, 0.3) is 0 Å². The van der Waals surface area contributed by atoms with E-state index in [4.69, 9.17) is 5.14 Å². The van der Waals surface area contributed by atoms with Crippen LogP contribution in [-0.4, -0.2) is 18.0 Å². The van der Waals surface area contributed by atoms with E-state index in [9.17, 15) is 8.42 Å². The standard InChI is InChI=1S/C7H6BrN3O2S/c8-5-1-2-11-6(3-5)7(4-10-11)14(9,12)13/h1-4H,(H2,9,12,13). The summed E-state index contributed by atoms with van der Waals surface area (Å²) in [6.07, 6.45) is 2.88. The molecule has 2 rings (SSSR count). The summed E-state index contributed by atoms with van der Waals surface area (Å²) in [6.45, 7) is 0. The molecule has 0 saturated heterocycles. The molecule has 0 unspecified atom stereocenters. The van der Waals surface area contributed by atoms with Crippen molar-refractivity contribution in [2.75, 3.05) is 0 Å². The predicted molar refractivity (Wildman–Crippen MR) is 54.3 cm³/mol. The van der Waals surface area contributed by atoms with Crippen molar-refractivity contribution in [2.24, 2.45) is 5.14 Å². The number of nitrogens with two attached hydrogens (primary N) is 1. The van der Waals surface area contributed by atoms with E-state index in [-0.39, 0.29) is 4.90 Å². The summed E-state index contributed by atoms with van der Waals surface area (Å²) in [6, 6.07) is 3.40. The van der Waals surface area contributed by atoms with Gasteiger partial charge in [-0.25, -0.2) is 18.1 Å². The van der Waals surface area contributed by atoms with E-state index in [1.54, 1.807) is 18.3 Å². The fourth-order valence-electron chi connectivity index (χ4n) is 1.15. The van der Waals surface area contributed by atoms with Crippen LogP contribution in [0.2, 0.25) is 0 Å². The van der Waals surface area contributed by atoms with Crippen molar-refractivity contribution in [3.05, 3.63) is 29.0 Å². The van der Waals surface area contributed by atoms with Crippen LogP contribution in [0.4, 0.5) is 0 Å². The second kappa shape index (κ2) is 3.04. The minimum absolute atomic E-state index is 0.0267. The van der Waals surface area contributed by atoms with Gasteiger partial charge in [0.2, 0.25) is 10.0 Å². The maximum atomic E-state index is 11.1. The molecule has 0 fully saturated rings. The SMILES string of the molecule is NS(=O)(=O)c1cnn2ccc(Br)cc12. The van der Waals surface area contributed by atoms with Crippen molar-refractivity contribution < 1.29 is 8.42 Å². The van der Waals surface area contributed by atoms with Crippen molar-refractivity contribution in [3.8, 4) is 0 Å². The Hall–Kier alpha value is -0.920. The van der Waals surface area contributed by atoms with Gasteiger partial charge in [-0.15, -0.1) is 0 Å². The summed E-state index contributed by atoms with van der Waals surface area (Å²) in [5.41, 5.74) is 0.460. The van der Waals surface area contributed by atoms with Crippen LogP contribution >= 0.6 is 15.9 Å². The van der Waals surface area contributed by atoms with Crippen LogP contribution in [0.5, 0.6) is 0 Å². The molecule has 2 aromatic heterocycles. The largest absolute Gasteiger partial charge is 0.241 e. The molecule has 0 atom stereocenters. The Bertz CT molecular complexity index is 590. The summed E-state index contributed by atoms with van der Waals surface area (Å²) in [7, 11) is -3.71. The van der Waals surface area contributed by atoms with E-state index in [2.05, 4.69) is 21.0 Å². The summed E-state index contributed by atoms with van der Waals surface area (Å²) < 4.78 is 24.5. The Morgan fingerprint density at radius 2 is 2.21 bits per heavy atom. The second-order valence-electron chi connectivity index (χ2n) is 2.73. The summed E-state index contributed by atoms with van der Waals surface area (Å²) in [4.78, 5) is 0.0267. The molecule has 0 amide bonds.